The van der Waals surface area contributed by atoms with E-state index in [1.807, 2.05) is 0 Å². The van der Waals surface area contributed by atoms with E-state index < -0.39 is 6.10 Å². The van der Waals surface area contributed by atoms with Crippen LogP contribution in [0.4, 0.5) is 0 Å². The molecule has 0 aromatic carbocycles. The molecular formula is C74H116O6. The van der Waals surface area contributed by atoms with Crippen LogP contribution in [0.15, 0.2) is 170 Å². The van der Waals surface area contributed by atoms with Crippen molar-refractivity contribution in [3.63, 3.8) is 0 Å². The first kappa shape index (κ1) is 74.8. The Bertz CT molecular complexity index is 1840. The van der Waals surface area contributed by atoms with Crippen LogP contribution in [-0.4, -0.2) is 37.2 Å². The molecule has 0 saturated heterocycles. The molecule has 0 aliphatic rings. The third-order valence-electron chi connectivity index (χ3n) is 13.0. The highest BCUT2D eigenvalue weighted by Crippen LogP contribution is 2.15. The van der Waals surface area contributed by atoms with Crippen molar-refractivity contribution in [1.82, 2.24) is 0 Å². The lowest BCUT2D eigenvalue weighted by molar-refractivity contribution is -0.167. The van der Waals surface area contributed by atoms with Gasteiger partial charge >= 0.3 is 17.9 Å². The van der Waals surface area contributed by atoms with Crippen molar-refractivity contribution < 1.29 is 28.6 Å². The fourth-order valence-electron chi connectivity index (χ4n) is 8.24. The molecule has 0 aromatic heterocycles. The Morgan fingerprint density at radius 3 is 0.762 bits per heavy atom. The standard InChI is InChI=1S/C74H116O6/c1-4-7-10-13-16-19-22-25-28-31-33-35-37-39-41-43-46-49-52-55-58-61-64-67-73(76)79-70-71(69-78-72(75)66-63-60-57-54-51-48-45-30-27-24-21-18-15-12-9-6-3)80-74(77)68-65-62-59-56-53-50-47-44-42-40-38-36-34-32-29-26-23-20-17-14-11-8-5-2/h7-8,10-11,16-17,19-20,25-26,28-29,33-36,39-42,46-47,49-50,55-56,58-59,71H,4-6,9,12-15,18,21-24,27,30-32,37-38,43-45,48,51-54,57,60-70H2,1-3H3/b10-7-,11-8-,19-16-,20-17-,28-25-,29-26-,35-33-,36-34-,41-39-,42-40-,49-46-,50-47-,58-55-,59-56-. The lowest BCUT2D eigenvalue weighted by Gasteiger charge is -2.18. The number of esters is 3. The van der Waals surface area contributed by atoms with Gasteiger partial charge in [-0.25, -0.2) is 0 Å². The molecule has 6 nitrogen and oxygen atoms in total. The van der Waals surface area contributed by atoms with Gasteiger partial charge in [0.2, 0.25) is 0 Å². The number of ether oxygens (including phenoxy) is 3. The van der Waals surface area contributed by atoms with E-state index in [4.69, 9.17) is 14.2 Å². The minimum absolute atomic E-state index is 0.125. The Balaban J connectivity index is 4.61. The van der Waals surface area contributed by atoms with E-state index in [2.05, 4.69) is 191 Å². The lowest BCUT2D eigenvalue weighted by Crippen LogP contribution is -2.30. The predicted octanol–water partition coefficient (Wildman–Crippen LogP) is 22.3. The van der Waals surface area contributed by atoms with E-state index in [1.165, 1.54) is 83.5 Å². The Morgan fingerprint density at radius 1 is 0.263 bits per heavy atom. The summed E-state index contributed by atoms with van der Waals surface area (Å²) in [5, 5.41) is 0. The van der Waals surface area contributed by atoms with Gasteiger partial charge < -0.3 is 14.2 Å². The molecule has 1 atom stereocenters. The normalized spacial score (nSPS) is 13.3. The van der Waals surface area contributed by atoms with Crippen LogP contribution >= 0.6 is 0 Å². The summed E-state index contributed by atoms with van der Waals surface area (Å²) in [5.74, 6) is -1.05. The van der Waals surface area contributed by atoms with E-state index in [9.17, 15) is 14.4 Å². The number of carbonyl (C=O) groups excluding carboxylic acids is 3. The van der Waals surface area contributed by atoms with E-state index in [1.54, 1.807) is 0 Å². The highest BCUT2D eigenvalue weighted by atomic mass is 16.6. The molecule has 0 aromatic rings. The summed E-state index contributed by atoms with van der Waals surface area (Å²) in [6.07, 6.45) is 97.9. The molecule has 0 aliphatic heterocycles. The summed E-state index contributed by atoms with van der Waals surface area (Å²) in [6.45, 7) is 6.32. The summed E-state index contributed by atoms with van der Waals surface area (Å²) in [7, 11) is 0. The van der Waals surface area contributed by atoms with E-state index >= 15 is 0 Å². The maximum atomic E-state index is 12.9. The van der Waals surface area contributed by atoms with E-state index in [0.29, 0.717) is 19.3 Å². The van der Waals surface area contributed by atoms with E-state index in [-0.39, 0.29) is 44.0 Å². The van der Waals surface area contributed by atoms with Crippen molar-refractivity contribution in [3.8, 4) is 0 Å². The molecule has 448 valence electrons. The zero-order chi connectivity index (χ0) is 57.8. The smallest absolute Gasteiger partial charge is 0.306 e. The summed E-state index contributed by atoms with van der Waals surface area (Å²) in [6, 6.07) is 0. The Morgan fingerprint density at radius 2 is 0.487 bits per heavy atom. The molecule has 0 spiro atoms. The van der Waals surface area contributed by atoms with E-state index in [0.717, 1.165) is 122 Å². The molecule has 0 fully saturated rings. The second-order valence-electron chi connectivity index (χ2n) is 20.6. The molecule has 0 radical (unpaired) electrons. The first-order valence-corrected chi connectivity index (χ1v) is 32.1. The zero-order valence-electron chi connectivity index (χ0n) is 51.3. The van der Waals surface area contributed by atoms with Gasteiger partial charge in [0.15, 0.2) is 6.10 Å². The summed E-state index contributed by atoms with van der Waals surface area (Å²) in [5.41, 5.74) is 0. The van der Waals surface area contributed by atoms with Crippen LogP contribution in [0.1, 0.15) is 258 Å². The number of rotatable bonds is 56. The third-order valence-corrected chi connectivity index (χ3v) is 13.0. The number of carbonyl (C=O) groups is 3. The molecule has 6 heteroatoms. The van der Waals surface area contributed by atoms with Crippen LogP contribution in [-0.2, 0) is 28.6 Å². The Kier molecular flexibility index (Phi) is 61.9. The molecule has 0 bridgehead atoms. The minimum atomic E-state index is -0.842. The number of hydrogen-bond acceptors (Lipinski definition) is 6. The van der Waals surface area contributed by atoms with Crippen LogP contribution in [0.3, 0.4) is 0 Å². The van der Waals surface area contributed by atoms with Gasteiger partial charge in [-0.2, -0.15) is 0 Å². The highest BCUT2D eigenvalue weighted by molar-refractivity contribution is 5.71. The maximum Gasteiger partial charge on any atom is 0.306 e. The van der Waals surface area contributed by atoms with Crippen LogP contribution in [0, 0.1) is 0 Å². The Hall–Kier alpha value is -5.23. The average Bonchev–Trinajstić information content (AvgIpc) is 3.46. The quantitative estimate of drug-likeness (QED) is 0.0261. The van der Waals surface area contributed by atoms with Gasteiger partial charge in [-0.1, -0.05) is 287 Å². The molecule has 0 N–H and O–H groups in total. The summed E-state index contributed by atoms with van der Waals surface area (Å²) < 4.78 is 16.8. The van der Waals surface area contributed by atoms with Crippen molar-refractivity contribution in [2.75, 3.05) is 13.2 Å². The summed E-state index contributed by atoms with van der Waals surface area (Å²) in [4.78, 5) is 38.3. The average molecular weight is 1100 g/mol. The highest BCUT2D eigenvalue weighted by Gasteiger charge is 2.19. The van der Waals surface area contributed by atoms with Gasteiger partial charge in [0, 0.05) is 19.3 Å². The second-order valence-corrected chi connectivity index (χ2v) is 20.6. The van der Waals surface area contributed by atoms with Crippen LogP contribution in [0.25, 0.3) is 0 Å². The van der Waals surface area contributed by atoms with Crippen molar-refractivity contribution in [2.45, 2.75) is 264 Å². The predicted molar refractivity (Wildman–Crippen MR) is 348 cm³/mol. The molecule has 0 rings (SSSR count). The fourth-order valence-corrected chi connectivity index (χ4v) is 8.24. The lowest BCUT2D eigenvalue weighted by atomic mass is 10.0. The fraction of sp³-hybridized carbons (Fsp3) is 0.581. The topological polar surface area (TPSA) is 78.9 Å². The molecule has 0 heterocycles. The first-order valence-electron chi connectivity index (χ1n) is 32.1. The SMILES string of the molecule is CC/C=C\C/C=C\C/C=C\C/C=C\C/C=C\C/C=C\C/C=C\CCCC(=O)OCC(COC(=O)CCCCCCCCCCCCCCCCCC)OC(=O)CCC/C=C\C/C=C\C/C=C\C/C=C\C/C=C\C/C=C\C/C=C\CC. The second kappa shape index (κ2) is 66.3. The van der Waals surface area contributed by atoms with Crippen molar-refractivity contribution in [2.24, 2.45) is 0 Å². The van der Waals surface area contributed by atoms with Gasteiger partial charge in [-0.05, 0) is 122 Å². The monoisotopic (exact) mass is 1100 g/mol. The molecule has 0 saturated carbocycles. The van der Waals surface area contributed by atoms with Crippen LogP contribution < -0.4 is 0 Å². The molecule has 80 heavy (non-hydrogen) atoms. The van der Waals surface area contributed by atoms with Gasteiger partial charge in [0.1, 0.15) is 13.2 Å². The first-order chi connectivity index (χ1) is 39.5. The van der Waals surface area contributed by atoms with Crippen molar-refractivity contribution in [3.05, 3.63) is 170 Å². The maximum absolute atomic E-state index is 12.9. The van der Waals surface area contributed by atoms with Gasteiger partial charge in [-0.3, -0.25) is 14.4 Å². The zero-order valence-corrected chi connectivity index (χ0v) is 51.3. The molecular weight excluding hydrogens is 985 g/mol. The van der Waals surface area contributed by atoms with Gasteiger partial charge in [-0.15, -0.1) is 0 Å². The molecule has 0 amide bonds. The largest absolute Gasteiger partial charge is 0.462 e. The van der Waals surface area contributed by atoms with Crippen LogP contribution in [0.2, 0.25) is 0 Å². The van der Waals surface area contributed by atoms with Gasteiger partial charge in [0.05, 0.1) is 0 Å². The van der Waals surface area contributed by atoms with Gasteiger partial charge in [0.25, 0.3) is 0 Å². The third kappa shape index (κ3) is 63.6. The van der Waals surface area contributed by atoms with Crippen molar-refractivity contribution in [1.29, 1.82) is 0 Å². The van der Waals surface area contributed by atoms with Crippen molar-refractivity contribution >= 4 is 17.9 Å². The van der Waals surface area contributed by atoms with Crippen LogP contribution in [0.5, 0.6) is 0 Å². The number of hydrogen-bond donors (Lipinski definition) is 0. The summed E-state index contributed by atoms with van der Waals surface area (Å²) >= 11 is 0. The number of allylic oxidation sites excluding steroid dienone is 28. The molecule has 0 aliphatic carbocycles. The Labute approximate surface area is 492 Å². The number of unbranched alkanes of at least 4 members (excludes halogenated alkanes) is 17. The molecule has 1 unspecified atom stereocenters. The minimum Gasteiger partial charge on any atom is -0.462 e.